The molecule has 432 valence electrons. The van der Waals surface area contributed by atoms with E-state index in [9.17, 15) is 72.3 Å². The van der Waals surface area contributed by atoms with Gasteiger partial charge in [-0.25, -0.2) is 0 Å². The van der Waals surface area contributed by atoms with Crippen molar-refractivity contribution in [1.82, 2.24) is 0 Å². The van der Waals surface area contributed by atoms with Crippen molar-refractivity contribution in [2.75, 3.05) is 0 Å². The van der Waals surface area contributed by atoms with E-state index in [0.717, 1.165) is 24.3 Å². The Morgan fingerprint density at radius 1 is 0.262 bits per heavy atom. The monoisotopic (exact) mass is 1220 g/mol. The van der Waals surface area contributed by atoms with Crippen LogP contribution in [-0.4, -0.2) is 72.3 Å². The first kappa shape index (κ1) is 59.6. The van der Waals surface area contributed by atoms with Gasteiger partial charge in [-0.15, -0.1) is 0 Å². The summed E-state index contributed by atoms with van der Waals surface area (Å²) in [5.74, 6) is -1.46. The number of aryl methyl sites for hydroxylation is 4. The van der Waals surface area contributed by atoms with Crippen molar-refractivity contribution in [3.8, 4) is 23.0 Å². The number of hydrogen-bond donors (Lipinski definition) is 8. The third-order valence-electron chi connectivity index (χ3n) is 13.5. The molecule has 8 bridgehead atoms. The molecule has 28 heteroatoms. The Bertz CT molecular complexity index is 3990. The van der Waals surface area contributed by atoms with Crippen LogP contribution < -0.4 is 0 Å². The SMILES string of the molecule is Cc1ccc(N=Nc2cc3c(O)c(c2)Cc2cc(N=Nc4ccc(C)c(S(=O)(=O)O)c4)cc(c2O)Cc2cc(N=Nc4ccc(C)c(S(=O)(=O)O)c4)cc(c2O)Cc2cc(N=Nc4ccc(C)c(S(=O)(=O)O)c4)cc(c2O)C3)cc1S(=O)(=O)O. The molecular weight excluding hydrogens is 1170 g/mol. The Kier molecular flexibility index (Phi) is 16.3. The summed E-state index contributed by atoms with van der Waals surface area (Å²) >= 11 is 0. The highest BCUT2D eigenvalue weighted by molar-refractivity contribution is 7.86. The molecule has 0 heterocycles. The summed E-state index contributed by atoms with van der Waals surface area (Å²) in [7, 11) is -18.7. The fraction of sp³-hybridized carbons (Fsp3) is 0.143. The Morgan fingerprint density at radius 2 is 0.417 bits per heavy atom. The van der Waals surface area contributed by atoms with Crippen LogP contribution in [0.4, 0.5) is 45.5 Å². The number of benzene rings is 8. The number of azo groups is 4. The van der Waals surface area contributed by atoms with Gasteiger partial charge in [0.2, 0.25) is 0 Å². The van der Waals surface area contributed by atoms with Crippen LogP contribution in [0.3, 0.4) is 0 Å². The average molecular weight is 1220 g/mol. The van der Waals surface area contributed by atoms with Crippen LogP contribution in [0.1, 0.15) is 66.8 Å². The second-order valence-electron chi connectivity index (χ2n) is 19.7. The minimum absolute atomic E-state index is 0.00616. The van der Waals surface area contributed by atoms with Crippen LogP contribution in [0, 0.1) is 27.7 Å². The quantitative estimate of drug-likeness (QED) is 0.0416. The maximum Gasteiger partial charge on any atom is 0.294 e. The summed E-state index contributed by atoms with van der Waals surface area (Å²) in [6, 6.07) is 27.1. The van der Waals surface area contributed by atoms with E-state index in [1.165, 1.54) is 125 Å². The van der Waals surface area contributed by atoms with E-state index in [1.54, 1.807) is 0 Å². The Labute approximate surface area is 480 Å². The summed E-state index contributed by atoms with van der Waals surface area (Å²) in [5.41, 5.74) is 1.88. The van der Waals surface area contributed by atoms with E-state index >= 15 is 0 Å². The molecule has 0 aromatic heterocycles. The van der Waals surface area contributed by atoms with Crippen LogP contribution in [-0.2, 0) is 66.2 Å². The molecule has 1 aliphatic rings. The van der Waals surface area contributed by atoms with Gasteiger partial charge in [0.25, 0.3) is 40.5 Å². The van der Waals surface area contributed by atoms with Crippen molar-refractivity contribution < 1.29 is 72.3 Å². The zero-order valence-electron chi connectivity index (χ0n) is 44.4. The van der Waals surface area contributed by atoms with Crippen molar-refractivity contribution in [2.45, 2.75) is 73.0 Å². The Balaban J connectivity index is 1.27. The van der Waals surface area contributed by atoms with E-state index in [2.05, 4.69) is 40.9 Å². The van der Waals surface area contributed by atoms with E-state index < -0.39 is 60.1 Å². The van der Waals surface area contributed by atoms with Crippen LogP contribution in [0.25, 0.3) is 0 Å². The fourth-order valence-electron chi connectivity index (χ4n) is 9.27. The zero-order valence-corrected chi connectivity index (χ0v) is 47.7. The van der Waals surface area contributed by atoms with Crippen molar-refractivity contribution in [1.29, 1.82) is 0 Å². The molecule has 0 fully saturated rings. The number of fused-ring (bicyclic) bond motifs is 8. The molecule has 0 amide bonds. The molecule has 8 aromatic rings. The first-order chi connectivity index (χ1) is 39.4. The smallest absolute Gasteiger partial charge is 0.294 e. The molecule has 9 rings (SSSR count). The van der Waals surface area contributed by atoms with Gasteiger partial charge < -0.3 is 20.4 Å². The van der Waals surface area contributed by atoms with Crippen LogP contribution in [0.2, 0.25) is 0 Å². The number of aromatic hydroxyl groups is 4. The molecule has 0 spiro atoms. The van der Waals surface area contributed by atoms with Crippen LogP contribution in [0.5, 0.6) is 23.0 Å². The van der Waals surface area contributed by atoms with Gasteiger partial charge in [0.05, 0.1) is 65.1 Å². The normalized spacial score (nSPS) is 13.4. The largest absolute Gasteiger partial charge is 0.507 e. The molecule has 0 radical (unpaired) electrons. The topological polar surface area (TPSA) is 397 Å². The van der Waals surface area contributed by atoms with Gasteiger partial charge in [-0.05, 0) is 147 Å². The lowest BCUT2D eigenvalue weighted by Crippen LogP contribution is -2.01. The molecule has 8 N–H and O–H groups in total. The van der Waals surface area contributed by atoms with E-state index in [0.29, 0.717) is 0 Å². The highest BCUT2D eigenvalue weighted by atomic mass is 32.2. The Hall–Kier alpha value is -9.00. The predicted octanol–water partition coefficient (Wildman–Crippen LogP) is 13.1. The summed E-state index contributed by atoms with van der Waals surface area (Å²) in [5, 5.41) is 83.4. The standard InChI is InChI=1S/C56H48N8O16S4/c1-29-5-9-41(25-49(29)81(69,70)71)57-61-45-17-33-13-35-19-46(62-58-42-10-6-30(2)50(26-42)82(72,73)74)21-37(54(35)66)15-39-23-48(64-60-44-12-8-32(4)52(28-44)84(78,79)80)24-40(56(39)68)16-38-22-47(20-36(55(38)67)14-34(18-45)53(33)65)63-59-43-11-7-31(3)51(27-43)83(75,76)77/h5-12,17-28,65-68H,13-16H2,1-4H3,(H,69,70,71)(H,72,73,74)(H,75,76,77)(H,78,79,80). The number of hydrogen-bond acceptors (Lipinski definition) is 20. The lowest BCUT2D eigenvalue weighted by atomic mass is 9.90. The van der Waals surface area contributed by atoms with E-state index in [1.807, 2.05) is 0 Å². The highest BCUT2D eigenvalue weighted by Crippen LogP contribution is 2.43. The van der Waals surface area contributed by atoms with E-state index in [4.69, 9.17) is 0 Å². The lowest BCUT2D eigenvalue weighted by Gasteiger charge is -2.18. The van der Waals surface area contributed by atoms with Crippen molar-refractivity contribution in [3.63, 3.8) is 0 Å². The molecule has 0 unspecified atom stereocenters. The molecule has 1 aliphatic carbocycles. The zero-order chi connectivity index (χ0) is 60.8. The maximum absolute atomic E-state index is 12.3. The molecule has 0 saturated carbocycles. The van der Waals surface area contributed by atoms with Crippen LogP contribution >= 0.6 is 0 Å². The fourth-order valence-corrected chi connectivity index (χ4v) is 12.3. The van der Waals surface area contributed by atoms with Gasteiger partial charge in [-0.1, -0.05) is 24.3 Å². The number of phenols is 4. The van der Waals surface area contributed by atoms with Crippen LogP contribution in [0.15, 0.2) is 182 Å². The first-order valence-electron chi connectivity index (χ1n) is 24.8. The third kappa shape index (κ3) is 13.6. The second kappa shape index (κ2) is 23.0. The van der Waals surface area contributed by atoms with Gasteiger partial charge >= 0.3 is 0 Å². The molecule has 0 atom stereocenters. The molecule has 24 nitrogen and oxygen atoms in total. The summed E-state index contributed by atoms with van der Waals surface area (Å²) < 4.78 is 137. The first-order valence-corrected chi connectivity index (χ1v) is 30.5. The number of nitrogens with zero attached hydrogens (tertiary/aromatic N) is 8. The van der Waals surface area contributed by atoms with Crippen molar-refractivity contribution in [3.05, 3.63) is 188 Å². The second-order valence-corrected chi connectivity index (χ2v) is 25.2. The lowest BCUT2D eigenvalue weighted by molar-refractivity contribution is 0.450. The summed E-state index contributed by atoms with van der Waals surface area (Å²) in [6.45, 7) is 5.87. The summed E-state index contributed by atoms with van der Waals surface area (Å²) in [4.78, 5) is -1.69. The number of phenolic OH excluding ortho intramolecular Hbond substituents is 4. The van der Waals surface area contributed by atoms with Crippen molar-refractivity contribution >= 4 is 86.0 Å². The van der Waals surface area contributed by atoms with Gasteiger partial charge in [-0.2, -0.15) is 74.6 Å². The van der Waals surface area contributed by atoms with E-state index in [-0.39, 0.29) is 161 Å². The predicted molar refractivity (Wildman–Crippen MR) is 304 cm³/mol. The van der Waals surface area contributed by atoms with Gasteiger partial charge in [0, 0.05) is 70.2 Å². The molecule has 84 heavy (non-hydrogen) atoms. The minimum Gasteiger partial charge on any atom is -0.507 e. The summed E-state index contributed by atoms with van der Waals surface area (Å²) in [6.07, 6.45) is -1.28. The Morgan fingerprint density at radius 3 is 0.571 bits per heavy atom. The molecule has 0 saturated heterocycles. The molecule has 8 aromatic carbocycles. The highest BCUT2D eigenvalue weighted by Gasteiger charge is 2.24. The average Bonchev–Trinajstić information content (AvgIpc) is 2.59. The van der Waals surface area contributed by atoms with Gasteiger partial charge in [0.1, 0.15) is 23.0 Å². The number of rotatable bonds is 12. The van der Waals surface area contributed by atoms with Crippen molar-refractivity contribution in [2.24, 2.45) is 40.9 Å². The molecule has 0 aliphatic heterocycles. The minimum atomic E-state index is -4.68. The third-order valence-corrected chi connectivity index (χ3v) is 17.4. The molecular formula is C56H48N8O16S4. The maximum atomic E-state index is 12.3. The van der Waals surface area contributed by atoms with Gasteiger partial charge in [0.15, 0.2) is 0 Å². The van der Waals surface area contributed by atoms with Gasteiger partial charge in [-0.3, -0.25) is 18.2 Å².